The molecule has 18 heavy (non-hydrogen) atoms. The highest BCUT2D eigenvalue weighted by Gasteiger charge is 2.19. The van der Waals surface area contributed by atoms with Crippen LogP contribution in [0.15, 0.2) is 35.7 Å². The van der Waals surface area contributed by atoms with Gasteiger partial charge in [-0.3, -0.25) is 14.8 Å². The number of aldehydes is 1. The van der Waals surface area contributed by atoms with E-state index in [2.05, 4.69) is 0 Å². The average molecular weight is 261 g/mol. The lowest BCUT2D eigenvalue weighted by molar-refractivity contribution is 0.0852. The van der Waals surface area contributed by atoms with Crippen LogP contribution < -0.4 is 5.06 Å². The molecular formula is C13H11NO3S. The molecule has 0 atom stereocenters. The van der Waals surface area contributed by atoms with Crippen molar-refractivity contribution in [3.05, 3.63) is 51.7 Å². The van der Waals surface area contributed by atoms with Gasteiger partial charge in [-0.1, -0.05) is 17.7 Å². The van der Waals surface area contributed by atoms with Gasteiger partial charge in [-0.2, -0.15) is 5.06 Å². The van der Waals surface area contributed by atoms with E-state index in [9.17, 15) is 14.8 Å². The number of aryl methyl sites for hydroxylation is 1. The fourth-order valence-electron chi connectivity index (χ4n) is 1.51. The van der Waals surface area contributed by atoms with Gasteiger partial charge in [-0.05, 0) is 30.5 Å². The zero-order chi connectivity index (χ0) is 13.1. The highest BCUT2D eigenvalue weighted by atomic mass is 32.1. The number of nitrogens with zero attached hydrogens (tertiary/aromatic N) is 1. The van der Waals surface area contributed by atoms with Crippen molar-refractivity contribution in [3.8, 4) is 0 Å². The first-order chi connectivity index (χ1) is 8.63. The minimum atomic E-state index is -0.609. The summed E-state index contributed by atoms with van der Waals surface area (Å²) in [4.78, 5) is 23.1. The number of amides is 1. The Hall–Kier alpha value is -1.98. The molecule has 0 aliphatic rings. The Balaban J connectivity index is 2.29. The molecule has 1 aromatic heterocycles. The van der Waals surface area contributed by atoms with Gasteiger partial charge in [-0.15, -0.1) is 11.3 Å². The molecule has 0 fully saturated rings. The molecule has 0 radical (unpaired) electrons. The number of carbonyl (C=O) groups is 2. The number of thiophene rings is 1. The van der Waals surface area contributed by atoms with E-state index in [0.717, 1.165) is 5.56 Å². The van der Waals surface area contributed by atoms with Gasteiger partial charge >= 0.3 is 0 Å². The second-order valence-electron chi connectivity index (χ2n) is 3.77. The SMILES string of the molecule is Cc1ccc(N(O)C(=O)c2ccsc2C=O)cc1. The summed E-state index contributed by atoms with van der Waals surface area (Å²) in [6.45, 7) is 1.91. The Bertz CT molecular complexity index is 574. The predicted molar refractivity (Wildman–Crippen MR) is 69.5 cm³/mol. The van der Waals surface area contributed by atoms with Crippen molar-refractivity contribution >= 4 is 29.2 Å². The van der Waals surface area contributed by atoms with E-state index >= 15 is 0 Å². The monoisotopic (exact) mass is 261 g/mol. The Morgan fingerprint density at radius 3 is 2.56 bits per heavy atom. The second kappa shape index (κ2) is 5.12. The van der Waals surface area contributed by atoms with Gasteiger partial charge in [0.25, 0.3) is 5.91 Å². The first-order valence-electron chi connectivity index (χ1n) is 5.26. The summed E-state index contributed by atoms with van der Waals surface area (Å²) < 4.78 is 0. The molecule has 1 amide bonds. The van der Waals surface area contributed by atoms with Crippen molar-refractivity contribution in [2.45, 2.75) is 6.92 Å². The lowest BCUT2D eigenvalue weighted by Gasteiger charge is -2.14. The van der Waals surface area contributed by atoms with E-state index in [0.29, 0.717) is 21.9 Å². The van der Waals surface area contributed by atoms with Gasteiger partial charge in [0.05, 0.1) is 16.1 Å². The van der Waals surface area contributed by atoms with Crippen LogP contribution in [0.5, 0.6) is 0 Å². The van der Waals surface area contributed by atoms with Crippen LogP contribution in [-0.4, -0.2) is 17.4 Å². The van der Waals surface area contributed by atoms with E-state index < -0.39 is 5.91 Å². The average Bonchev–Trinajstić information content (AvgIpc) is 2.86. The molecule has 0 saturated carbocycles. The fraction of sp³-hybridized carbons (Fsp3) is 0.0769. The number of hydrogen-bond acceptors (Lipinski definition) is 4. The zero-order valence-electron chi connectivity index (χ0n) is 9.66. The summed E-state index contributed by atoms with van der Waals surface area (Å²) in [6.07, 6.45) is 0.612. The molecule has 0 saturated heterocycles. The normalized spacial score (nSPS) is 10.1. The van der Waals surface area contributed by atoms with E-state index in [-0.39, 0.29) is 5.56 Å². The molecule has 0 unspecified atom stereocenters. The molecule has 2 rings (SSSR count). The summed E-state index contributed by atoms with van der Waals surface area (Å²) in [5.74, 6) is -0.609. The molecule has 1 aromatic carbocycles. The largest absolute Gasteiger partial charge is 0.297 e. The first-order valence-corrected chi connectivity index (χ1v) is 6.14. The van der Waals surface area contributed by atoms with Crippen molar-refractivity contribution < 1.29 is 14.8 Å². The molecule has 0 bridgehead atoms. The lowest BCUT2D eigenvalue weighted by Crippen LogP contribution is -2.27. The van der Waals surface area contributed by atoms with Gasteiger partial charge in [-0.25, -0.2) is 0 Å². The van der Waals surface area contributed by atoms with Crippen LogP contribution in [-0.2, 0) is 0 Å². The molecule has 2 aromatic rings. The summed E-state index contributed by atoms with van der Waals surface area (Å²) in [5.41, 5.74) is 1.61. The van der Waals surface area contributed by atoms with Gasteiger partial charge in [0.15, 0.2) is 6.29 Å². The molecule has 4 nitrogen and oxygen atoms in total. The quantitative estimate of drug-likeness (QED) is 0.525. The smallest absolute Gasteiger partial charge is 0.283 e. The van der Waals surface area contributed by atoms with Gasteiger partial charge < -0.3 is 0 Å². The van der Waals surface area contributed by atoms with Crippen LogP contribution in [0.4, 0.5) is 5.69 Å². The van der Waals surface area contributed by atoms with Crippen molar-refractivity contribution in [1.82, 2.24) is 0 Å². The third kappa shape index (κ3) is 2.32. The van der Waals surface area contributed by atoms with Crippen LogP contribution >= 0.6 is 11.3 Å². The summed E-state index contributed by atoms with van der Waals surface area (Å²) >= 11 is 1.17. The summed E-state index contributed by atoms with van der Waals surface area (Å²) in [7, 11) is 0. The molecule has 0 aliphatic carbocycles. The Kier molecular flexibility index (Phi) is 3.55. The number of anilines is 1. The van der Waals surface area contributed by atoms with E-state index in [1.165, 1.54) is 17.4 Å². The van der Waals surface area contributed by atoms with E-state index in [4.69, 9.17) is 0 Å². The zero-order valence-corrected chi connectivity index (χ0v) is 10.5. The third-order valence-electron chi connectivity index (χ3n) is 2.50. The second-order valence-corrected chi connectivity index (χ2v) is 4.72. The summed E-state index contributed by atoms with van der Waals surface area (Å²) in [6, 6.07) is 8.38. The molecule has 1 heterocycles. The van der Waals surface area contributed by atoms with Crippen molar-refractivity contribution in [3.63, 3.8) is 0 Å². The van der Waals surface area contributed by atoms with Crippen molar-refractivity contribution in [2.24, 2.45) is 0 Å². The highest BCUT2D eigenvalue weighted by Crippen LogP contribution is 2.20. The van der Waals surface area contributed by atoms with E-state index in [1.807, 2.05) is 6.92 Å². The highest BCUT2D eigenvalue weighted by molar-refractivity contribution is 7.12. The topological polar surface area (TPSA) is 57.6 Å². The van der Waals surface area contributed by atoms with Gasteiger partial charge in [0.2, 0.25) is 0 Å². The Morgan fingerprint density at radius 1 is 1.28 bits per heavy atom. The van der Waals surface area contributed by atoms with Crippen LogP contribution in [0, 0.1) is 6.92 Å². The molecule has 0 spiro atoms. The molecule has 5 heteroatoms. The number of hydroxylamine groups is 1. The molecule has 0 aliphatic heterocycles. The number of hydrogen-bond donors (Lipinski definition) is 1. The predicted octanol–water partition coefficient (Wildman–Crippen LogP) is 2.91. The van der Waals surface area contributed by atoms with Crippen LogP contribution in [0.3, 0.4) is 0 Å². The Labute approximate surface area is 108 Å². The van der Waals surface area contributed by atoms with E-state index in [1.54, 1.807) is 29.6 Å². The summed E-state index contributed by atoms with van der Waals surface area (Å²) in [5, 5.41) is 12.0. The van der Waals surface area contributed by atoms with Crippen LogP contribution in [0.25, 0.3) is 0 Å². The maximum absolute atomic E-state index is 12.0. The fourth-order valence-corrected chi connectivity index (χ4v) is 2.19. The van der Waals surface area contributed by atoms with Gasteiger partial charge in [0.1, 0.15) is 0 Å². The minimum Gasteiger partial charge on any atom is -0.297 e. The standard InChI is InChI=1S/C13H11NO3S/c1-9-2-4-10(5-3-9)14(17)13(16)11-6-7-18-12(11)8-15/h2-8,17H,1H3. The maximum Gasteiger partial charge on any atom is 0.283 e. The number of benzene rings is 1. The van der Waals surface area contributed by atoms with Crippen molar-refractivity contribution in [1.29, 1.82) is 0 Å². The first kappa shape index (κ1) is 12.5. The van der Waals surface area contributed by atoms with Crippen LogP contribution in [0.2, 0.25) is 0 Å². The lowest BCUT2D eigenvalue weighted by atomic mass is 10.2. The van der Waals surface area contributed by atoms with Crippen LogP contribution in [0.1, 0.15) is 25.6 Å². The Morgan fingerprint density at radius 2 is 1.94 bits per heavy atom. The minimum absolute atomic E-state index is 0.207. The molecule has 1 N–H and O–H groups in total. The number of rotatable bonds is 3. The third-order valence-corrected chi connectivity index (χ3v) is 3.35. The maximum atomic E-state index is 12.0. The van der Waals surface area contributed by atoms with Gasteiger partial charge in [0, 0.05) is 0 Å². The van der Waals surface area contributed by atoms with Crippen molar-refractivity contribution in [2.75, 3.05) is 5.06 Å². The molecular weight excluding hydrogens is 250 g/mol. The number of carbonyl (C=O) groups excluding carboxylic acids is 2. The molecule has 92 valence electrons.